The zero-order valence-corrected chi connectivity index (χ0v) is 15.4. The van der Waals surface area contributed by atoms with E-state index in [9.17, 15) is 4.79 Å². The van der Waals surface area contributed by atoms with Crippen LogP contribution in [0.2, 0.25) is 0 Å². The Bertz CT molecular complexity index is 670. The van der Waals surface area contributed by atoms with Crippen molar-refractivity contribution in [2.24, 2.45) is 5.92 Å². The quantitative estimate of drug-likeness (QED) is 0.776. The molecular weight excluding hydrogens is 314 g/mol. The van der Waals surface area contributed by atoms with Gasteiger partial charge >= 0.3 is 0 Å². The fourth-order valence-corrected chi connectivity index (χ4v) is 2.68. The Morgan fingerprint density at radius 3 is 2.16 bits per heavy atom. The molecule has 2 aromatic carbocycles. The Hall–Kier alpha value is -2.49. The molecule has 0 aliphatic rings. The van der Waals surface area contributed by atoms with Gasteiger partial charge in [0.2, 0.25) is 0 Å². The summed E-state index contributed by atoms with van der Waals surface area (Å²) in [6.45, 7) is 6.05. The molecule has 134 valence electrons. The summed E-state index contributed by atoms with van der Waals surface area (Å²) in [5.41, 5.74) is 1.11. The molecule has 0 saturated carbocycles. The zero-order chi connectivity index (χ0) is 18.2. The van der Waals surface area contributed by atoms with Gasteiger partial charge < -0.3 is 14.8 Å². The molecule has 0 heterocycles. The van der Waals surface area contributed by atoms with Gasteiger partial charge in [-0.2, -0.15) is 0 Å². The van der Waals surface area contributed by atoms with E-state index in [1.807, 2.05) is 48.5 Å². The number of amides is 1. The minimum atomic E-state index is -0.616. The maximum atomic E-state index is 12.6. The molecule has 0 aliphatic heterocycles. The Balaban J connectivity index is 2.06. The summed E-state index contributed by atoms with van der Waals surface area (Å²) in [6, 6.07) is 17.3. The van der Waals surface area contributed by atoms with Gasteiger partial charge in [0, 0.05) is 0 Å². The molecule has 2 rings (SSSR count). The summed E-state index contributed by atoms with van der Waals surface area (Å²) < 4.78 is 11.1. The molecule has 0 aliphatic carbocycles. The largest absolute Gasteiger partial charge is 0.493 e. The summed E-state index contributed by atoms with van der Waals surface area (Å²) >= 11 is 0. The Labute approximate surface area is 150 Å². The average molecular weight is 341 g/mol. The third-order valence-electron chi connectivity index (χ3n) is 3.97. The lowest BCUT2D eigenvalue weighted by Gasteiger charge is -2.24. The first-order chi connectivity index (χ1) is 12.0. The molecule has 1 N–H and O–H groups in total. The van der Waals surface area contributed by atoms with Crippen LogP contribution in [0.1, 0.15) is 38.8 Å². The zero-order valence-electron chi connectivity index (χ0n) is 15.4. The molecule has 25 heavy (non-hydrogen) atoms. The van der Waals surface area contributed by atoms with Crippen LogP contribution in [0.5, 0.6) is 11.5 Å². The van der Waals surface area contributed by atoms with Gasteiger partial charge in [-0.15, -0.1) is 0 Å². The van der Waals surface area contributed by atoms with Crippen LogP contribution < -0.4 is 14.8 Å². The number of para-hydroxylation sites is 2. The number of carbonyl (C=O) groups excluding carboxylic acids is 1. The number of methoxy groups -OCH3 is 1. The van der Waals surface area contributed by atoms with Gasteiger partial charge in [0.1, 0.15) is 0 Å². The van der Waals surface area contributed by atoms with E-state index in [0.717, 1.165) is 12.0 Å². The van der Waals surface area contributed by atoms with Crippen LogP contribution in [-0.4, -0.2) is 19.1 Å². The van der Waals surface area contributed by atoms with Gasteiger partial charge in [-0.25, -0.2) is 0 Å². The monoisotopic (exact) mass is 341 g/mol. The molecule has 4 heteroatoms. The van der Waals surface area contributed by atoms with Crippen LogP contribution in [0.25, 0.3) is 0 Å². The fraction of sp³-hybridized carbons (Fsp3) is 0.381. The Morgan fingerprint density at radius 1 is 0.960 bits per heavy atom. The van der Waals surface area contributed by atoms with Crippen molar-refractivity contribution >= 4 is 5.91 Å². The summed E-state index contributed by atoms with van der Waals surface area (Å²) in [5, 5.41) is 3.12. The Morgan fingerprint density at radius 2 is 1.56 bits per heavy atom. The highest BCUT2D eigenvalue weighted by Gasteiger charge is 2.22. The molecule has 1 amide bonds. The van der Waals surface area contributed by atoms with E-state index in [1.54, 1.807) is 20.1 Å². The van der Waals surface area contributed by atoms with Gasteiger partial charge in [0.25, 0.3) is 5.91 Å². The van der Waals surface area contributed by atoms with Crippen LogP contribution in [0.3, 0.4) is 0 Å². The Kier molecular flexibility index (Phi) is 6.87. The molecule has 4 nitrogen and oxygen atoms in total. The predicted octanol–water partition coefficient (Wildman–Crippen LogP) is 4.37. The molecule has 0 unspecified atom stereocenters. The van der Waals surface area contributed by atoms with Crippen LogP contribution in [0, 0.1) is 5.92 Å². The predicted molar refractivity (Wildman–Crippen MR) is 99.9 cm³/mol. The third-order valence-corrected chi connectivity index (χ3v) is 3.97. The first-order valence-corrected chi connectivity index (χ1v) is 8.66. The molecular formula is C21H27NO3. The summed E-state index contributed by atoms with van der Waals surface area (Å²) in [7, 11) is 1.58. The highest BCUT2D eigenvalue weighted by atomic mass is 16.5. The number of hydrogen-bond acceptors (Lipinski definition) is 3. The lowest BCUT2D eigenvalue weighted by atomic mass is 9.97. The summed E-state index contributed by atoms with van der Waals surface area (Å²) in [5.74, 6) is 1.51. The smallest absolute Gasteiger partial charge is 0.261 e. The van der Waals surface area contributed by atoms with Crippen molar-refractivity contribution in [2.75, 3.05) is 7.11 Å². The van der Waals surface area contributed by atoms with Crippen molar-refractivity contribution < 1.29 is 14.3 Å². The number of ether oxygens (including phenoxy) is 2. The van der Waals surface area contributed by atoms with E-state index in [-0.39, 0.29) is 11.9 Å². The first-order valence-electron chi connectivity index (χ1n) is 8.66. The van der Waals surface area contributed by atoms with Gasteiger partial charge in [0.15, 0.2) is 17.6 Å². The van der Waals surface area contributed by atoms with E-state index in [0.29, 0.717) is 17.4 Å². The molecule has 0 aromatic heterocycles. The molecule has 0 radical (unpaired) electrons. The van der Waals surface area contributed by atoms with Crippen molar-refractivity contribution in [2.45, 2.75) is 39.3 Å². The van der Waals surface area contributed by atoms with E-state index in [4.69, 9.17) is 9.47 Å². The van der Waals surface area contributed by atoms with E-state index in [2.05, 4.69) is 19.2 Å². The second-order valence-corrected chi connectivity index (χ2v) is 6.51. The first kappa shape index (κ1) is 18.8. The van der Waals surface area contributed by atoms with Crippen LogP contribution >= 0.6 is 0 Å². The van der Waals surface area contributed by atoms with E-state index < -0.39 is 6.10 Å². The minimum absolute atomic E-state index is 0.0302. The number of rotatable bonds is 8. The SMILES string of the molecule is COc1ccccc1O[C@H](C)C(=O)N[C@@H](CC(C)C)c1ccccc1. The van der Waals surface area contributed by atoms with Crippen molar-refractivity contribution in [1.29, 1.82) is 0 Å². The molecule has 2 aromatic rings. The number of nitrogens with one attached hydrogen (secondary N) is 1. The lowest BCUT2D eigenvalue weighted by Crippen LogP contribution is -2.39. The van der Waals surface area contributed by atoms with Gasteiger partial charge in [-0.3, -0.25) is 4.79 Å². The molecule has 0 spiro atoms. The van der Waals surface area contributed by atoms with Crippen molar-refractivity contribution in [1.82, 2.24) is 5.32 Å². The second kappa shape index (κ2) is 9.11. The molecule has 2 atom stereocenters. The third kappa shape index (κ3) is 5.52. The highest BCUT2D eigenvalue weighted by Crippen LogP contribution is 2.27. The van der Waals surface area contributed by atoms with Crippen LogP contribution in [0.15, 0.2) is 54.6 Å². The van der Waals surface area contributed by atoms with E-state index in [1.165, 1.54) is 0 Å². The normalized spacial score (nSPS) is 13.2. The second-order valence-electron chi connectivity index (χ2n) is 6.51. The number of hydrogen-bond donors (Lipinski definition) is 1. The van der Waals surface area contributed by atoms with Crippen LogP contribution in [-0.2, 0) is 4.79 Å². The van der Waals surface area contributed by atoms with Crippen LogP contribution in [0.4, 0.5) is 0 Å². The molecule has 0 bridgehead atoms. The topological polar surface area (TPSA) is 47.6 Å². The average Bonchev–Trinajstić information content (AvgIpc) is 2.62. The van der Waals surface area contributed by atoms with E-state index >= 15 is 0 Å². The number of carbonyl (C=O) groups is 1. The number of benzene rings is 2. The lowest BCUT2D eigenvalue weighted by molar-refractivity contribution is -0.128. The highest BCUT2D eigenvalue weighted by molar-refractivity contribution is 5.81. The van der Waals surface area contributed by atoms with Crippen molar-refractivity contribution in [3.05, 3.63) is 60.2 Å². The molecule has 0 saturated heterocycles. The minimum Gasteiger partial charge on any atom is -0.493 e. The van der Waals surface area contributed by atoms with Crippen molar-refractivity contribution in [3.63, 3.8) is 0 Å². The fourth-order valence-electron chi connectivity index (χ4n) is 2.68. The summed E-state index contributed by atoms with van der Waals surface area (Å²) in [6.07, 6.45) is 0.256. The maximum absolute atomic E-state index is 12.6. The van der Waals surface area contributed by atoms with Gasteiger partial charge in [-0.1, -0.05) is 56.3 Å². The van der Waals surface area contributed by atoms with Crippen molar-refractivity contribution in [3.8, 4) is 11.5 Å². The van der Waals surface area contributed by atoms with Gasteiger partial charge in [0.05, 0.1) is 13.2 Å². The standard InChI is InChI=1S/C21H27NO3/c1-15(2)14-18(17-10-6-5-7-11-17)22-21(23)16(3)25-20-13-9-8-12-19(20)24-4/h5-13,15-16,18H,14H2,1-4H3,(H,22,23)/t16-,18+/m1/s1. The van der Waals surface area contributed by atoms with Gasteiger partial charge in [-0.05, 0) is 37.0 Å². The molecule has 0 fully saturated rings. The maximum Gasteiger partial charge on any atom is 0.261 e. The summed E-state index contributed by atoms with van der Waals surface area (Å²) in [4.78, 5) is 12.6.